The molecule has 0 saturated carbocycles. The van der Waals surface area contributed by atoms with Gasteiger partial charge in [0, 0.05) is 25.7 Å². The number of rotatable bonds is 3. The summed E-state index contributed by atoms with van der Waals surface area (Å²) in [6, 6.07) is 0.0372. The number of nitrogens with two attached hydrogens (primary N) is 1. The van der Waals surface area contributed by atoms with E-state index in [0.717, 1.165) is 0 Å². The van der Waals surface area contributed by atoms with Crippen LogP contribution >= 0.6 is 0 Å². The number of halogens is 3. The molecule has 6 heteroatoms. The molecule has 1 fully saturated rings. The molecule has 2 atom stereocenters. The van der Waals surface area contributed by atoms with Crippen LogP contribution in [0.1, 0.15) is 13.3 Å². The minimum atomic E-state index is -4.09. The standard InChI is InChI=1S/C9H17F3N2O/c1-7-6-15-8(4-13)5-14(7)3-2-9(10,11)12/h7-8H,2-6,13H2,1H3. The highest BCUT2D eigenvalue weighted by Gasteiger charge is 2.31. The Morgan fingerprint density at radius 2 is 2.13 bits per heavy atom. The van der Waals surface area contributed by atoms with E-state index in [4.69, 9.17) is 10.5 Å². The SMILES string of the molecule is CC1COC(CN)CN1CCC(F)(F)F. The summed E-state index contributed by atoms with van der Waals surface area (Å²) >= 11 is 0. The molecule has 1 saturated heterocycles. The zero-order chi connectivity index (χ0) is 11.5. The van der Waals surface area contributed by atoms with E-state index >= 15 is 0 Å². The quantitative estimate of drug-likeness (QED) is 0.779. The molecule has 0 aliphatic carbocycles. The minimum Gasteiger partial charge on any atom is -0.374 e. The van der Waals surface area contributed by atoms with Gasteiger partial charge in [-0.2, -0.15) is 13.2 Å². The molecular formula is C9H17F3N2O. The topological polar surface area (TPSA) is 38.5 Å². The van der Waals surface area contributed by atoms with Gasteiger partial charge in [0.15, 0.2) is 0 Å². The van der Waals surface area contributed by atoms with Gasteiger partial charge in [-0.05, 0) is 6.92 Å². The Bertz CT molecular complexity index is 198. The number of alkyl halides is 3. The van der Waals surface area contributed by atoms with Gasteiger partial charge in [0.05, 0.1) is 19.1 Å². The Morgan fingerprint density at radius 1 is 1.47 bits per heavy atom. The van der Waals surface area contributed by atoms with E-state index in [0.29, 0.717) is 19.7 Å². The molecular weight excluding hydrogens is 209 g/mol. The maximum atomic E-state index is 12.0. The normalized spacial score (nSPS) is 29.4. The Hall–Kier alpha value is -0.330. The van der Waals surface area contributed by atoms with Crippen LogP contribution < -0.4 is 5.73 Å². The average molecular weight is 226 g/mol. The fraction of sp³-hybridized carbons (Fsp3) is 1.00. The number of ether oxygens (including phenoxy) is 1. The summed E-state index contributed by atoms with van der Waals surface area (Å²) in [6.07, 6.45) is -4.99. The van der Waals surface area contributed by atoms with Gasteiger partial charge >= 0.3 is 6.18 Å². The van der Waals surface area contributed by atoms with Gasteiger partial charge in [-0.15, -0.1) is 0 Å². The van der Waals surface area contributed by atoms with Gasteiger partial charge in [-0.3, -0.25) is 4.90 Å². The highest BCUT2D eigenvalue weighted by molar-refractivity contribution is 4.78. The van der Waals surface area contributed by atoms with E-state index < -0.39 is 12.6 Å². The molecule has 15 heavy (non-hydrogen) atoms. The van der Waals surface area contributed by atoms with Gasteiger partial charge in [0.2, 0.25) is 0 Å². The Labute approximate surface area is 87.4 Å². The summed E-state index contributed by atoms with van der Waals surface area (Å²) in [5, 5.41) is 0. The van der Waals surface area contributed by atoms with Crippen LogP contribution in [0.5, 0.6) is 0 Å². The van der Waals surface area contributed by atoms with Crippen molar-refractivity contribution >= 4 is 0 Å². The van der Waals surface area contributed by atoms with Crippen LogP contribution in [0, 0.1) is 0 Å². The molecule has 0 aromatic carbocycles. The number of hydrogen-bond acceptors (Lipinski definition) is 3. The molecule has 90 valence electrons. The fourth-order valence-corrected chi connectivity index (χ4v) is 1.60. The van der Waals surface area contributed by atoms with E-state index in [9.17, 15) is 13.2 Å². The first-order valence-corrected chi connectivity index (χ1v) is 5.05. The van der Waals surface area contributed by atoms with E-state index in [1.165, 1.54) is 0 Å². The second-order valence-electron chi connectivity index (χ2n) is 3.90. The molecule has 1 aliphatic heterocycles. The molecule has 1 heterocycles. The Kier molecular flexibility index (Phi) is 4.36. The average Bonchev–Trinajstić information content (AvgIpc) is 2.15. The van der Waals surface area contributed by atoms with Crippen molar-refractivity contribution in [2.75, 3.05) is 26.2 Å². The molecule has 3 nitrogen and oxygen atoms in total. The lowest BCUT2D eigenvalue weighted by molar-refractivity contribution is -0.145. The van der Waals surface area contributed by atoms with Crippen LogP contribution in [-0.2, 0) is 4.74 Å². The van der Waals surface area contributed by atoms with E-state index in [-0.39, 0.29) is 18.7 Å². The monoisotopic (exact) mass is 226 g/mol. The number of hydrogen-bond donors (Lipinski definition) is 1. The number of morpholine rings is 1. The van der Waals surface area contributed by atoms with Gasteiger partial charge in [-0.25, -0.2) is 0 Å². The molecule has 2 unspecified atom stereocenters. The van der Waals surface area contributed by atoms with Crippen LogP contribution in [0.4, 0.5) is 13.2 Å². The van der Waals surface area contributed by atoms with Crippen molar-refractivity contribution in [3.63, 3.8) is 0 Å². The van der Waals surface area contributed by atoms with Crippen LogP contribution in [-0.4, -0.2) is 49.5 Å². The molecule has 0 aromatic rings. The Morgan fingerprint density at radius 3 is 2.67 bits per heavy atom. The first kappa shape index (κ1) is 12.7. The molecule has 1 aliphatic rings. The lowest BCUT2D eigenvalue weighted by Gasteiger charge is -2.37. The minimum absolute atomic E-state index is 0.0323. The first-order valence-electron chi connectivity index (χ1n) is 5.05. The summed E-state index contributed by atoms with van der Waals surface area (Å²) in [4.78, 5) is 1.79. The van der Waals surface area contributed by atoms with E-state index in [2.05, 4.69) is 0 Å². The van der Waals surface area contributed by atoms with Gasteiger partial charge < -0.3 is 10.5 Å². The zero-order valence-electron chi connectivity index (χ0n) is 8.76. The van der Waals surface area contributed by atoms with Crippen LogP contribution in [0.15, 0.2) is 0 Å². The molecule has 0 bridgehead atoms. The summed E-state index contributed by atoms with van der Waals surface area (Å²) in [5.74, 6) is 0. The van der Waals surface area contributed by atoms with Crippen LogP contribution in [0.2, 0.25) is 0 Å². The summed E-state index contributed by atoms with van der Waals surface area (Å²) < 4.78 is 41.5. The molecule has 0 amide bonds. The van der Waals surface area contributed by atoms with Crippen molar-refractivity contribution in [2.45, 2.75) is 31.7 Å². The van der Waals surface area contributed by atoms with Crippen molar-refractivity contribution in [1.29, 1.82) is 0 Å². The lowest BCUT2D eigenvalue weighted by Crippen LogP contribution is -2.51. The molecule has 0 aromatic heterocycles. The highest BCUT2D eigenvalue weighted by atomic mass is 19.4. The number of nitrogens with zero attached hydrogens (tertiary/aromatic N) is 1. The maximum Gasteiger partial charge on any atom is 0.390 e. The maximum absolute atomic E-state index is 12.0. The molecule has 1 rings (SSSR count). The predicted molar refractivity (Wildman–Crippen MR) is 50.5 cm³/mol. The fourth-order valence-electron chi connectivity index (χ4n) is 1.60. The Balaban J connectivity index is 2.38. The molecule has 0 spiro atoms. The van der Waals surface area contributed by atoms with E-state index in [1.54, 1.807) is 4.90 Å². The second kappa shape index (κ2) is 5.14. The summed E-state index contributed by atoms with van der Waals surface area (Å²) in [6.45, 7) is 3.20. The van der Waals surface area contributed by atoms with Crippen molar-refractivity contribution < 1.29 is 17.9 Å². The molecule has 2 N–H and O–H groups in total. The zero-order valence-corrected chi connectivity index (χ0v) is 8.76. The summed E-state index contributed by atoms with van der Waals surface area (Å²) in [5.41, 5.74) is 5.42. The van der Waals surface area contributed by atoms with Gasteiger partial charge in [0.25, 0.3) is 0 Å². The lowest BCUT2D eigenvalue weighted by atomic mass is 10.2. The van der Waals surface area contributed by atoms with Crippen LogP contribution in [0.25, 0.3) is 0 Å². The third-order valence-corrected chi connectivity index (χ3v) is 2.58. The van der Waals surface area contributed by atoms with Crippen molar-refractivity contribution in [3.8, 4) is 0 Å². The first-order chi connectivity index (χ1) is 6.92. The van der Waals surface area contributed by atoms with Crippen molar-refractivity contribution in [3.05, 3.63) is 0 Å². The second-order valence-corrected chi connectivity index (χ2v) is 3.90. The van der Waals surface area contributed by atoms with Gasteiger partial charge in [0.1, 0.15) is 0 Å². The molecule has 0 radical (unpaired) electrons. The predicted octanol–water partition coefficient (Wildman–Crippen LogP) is 0.987. The van der Waals surface area contributed by atoms with Crippen molar-refractivity contribution in [1.82, 2.24) is 4.90 Å². The largest absolute Gasteiger partial charge is 0.390 e. The van der Waals surface area contributed by atoms with Crippen molar-refractivity contribution in [2.24, 2.45) is 5.73 Å². The third-order valence-electron chi connectivity index (χ3n) is 2.58. The van der Waals surface area contributed by atoms with Gasteiger partial charge in [-0.1, -0.05) is 0 Å². The van der Waals surface area contributed by atoms with Crippen LogP contribution in [0.3, 0.4) is 0 Å². The summed E-state index contributed by atoms with van der Waals surface area (Å²) in [7, 11) is 0. The smallest absolute Gasteiger partial charge is 0.374 e. The third kappa shape index (κ3) is 4.36. The highest BCUT2D eigenvalue weighted by Crippen LogP contribution is 2.21. The van der Waals surface area contributed by atoms with E-state index in [1.807, 2.05) is 6.92 Å².